The predicted molar refractivity (Wildman–Crippen MR) is 58.1 cm³/mol. The van der Waals surface area contributed by atoms with Gasteiger partial charge in [0.25, 0.3) is 0 Å². The topological polar surface area (TPSA) is 37.4 Å². The van der Waals surface area contributed by atoms with Gasteiger partial charge < -0.3 is 0 Å². The fourth-order valence-corrected chi connectivity index (χ4v) is 2.55. The van der Waals surface area contributed by atoms with E-state index in [-0.39, 0.29) is 16.3 Å². The number of imide groups is 1. The summed E-state index contributed by atoms with van der Waals surface area (Å²) in [5.41, 5.74) is -0.560. The van der Waals surface area contributed by atoms with Crippen molar-refractivity contribution in [3.63, 3.8) is 0 Å². The van der Waals surface area contributed by atoms with Crippen LogP contribution < -0.4 is 4.90 Å². The number of halogens is 3. The molecule has 17 heavy (non-hydrogen) atoms. The van der Waals surface area contributed by atoms with Gasteiger partial charge in [-0.3, -0.25) is 9.59 Å². The van der Waals surface area contributed by atoms with Crippen LogP contribution in [0.2, 0.25) is 0 Å². The van der Waals surface area contributed by atoms with E-state index in [4.69, 9.17) is 0 Å². The molecule has 0 radical (unpaired) electrons. The number of fused-ring (bicyclic) bond motifs is 1. The number of carbonyl (C=O) groups excluding carboxylic acids is 2. The fourth-order valence-electron chi connectivity index (χ4n) is 2.15. The summed E-state index contributed by atoms with van der Waals surface area (Å²) in [5.74, 6) is -3.57. The Bertz CT molecular complexity index is 517. The lowest BCUT2D eigenvalue weighted by Gasteiger charge is -2.17. The highest BCUT2D eigenvalue weighted by molar-refractivity contribution is 9.10. The molecule has 6 heteroatoms. The molecule has 1 aliphatic heterocycles. The molecule has 3 rings (SSSR count). The number of anilines is 1. The molecule has 2 amide bonds. The van der Waals surface area contributed by atoms with E-state index in [0.717, 1.165) is 12.1 Å². The maximum Gasteiger partial charge on any atom is 0.237 e. The average molecular weight is 302 g/mol. The molecule has 1 saturated heterocycles. The minimum atomic E-state index is -0.917. The fraction of sp³-hybridized carbons (Fsp3) is 0.273. The van der Waals surface area contributed by atoms with Gasteiger partial charge in [-0.1, -0.05) is 15.9 Å². The van der Waals surface area contributed by atoms with Crippen molar-refractivity contribution >= 4 is 33.4 Å². The minimum Gasteiger partial charge on any atom is -0.274 e. The lowest BCUT2D eigenvalue weighted by atomic mass is 10.2. The van der Waals surface area contributed by atoms with Gasteiger partial charge in [0.1, 0.15) is 5.69 Å². The predicted octanol–water partition coefficient (Wildman–Crippen LogP) is 2.24. The summed E-state index contributed by atoms with van der Waals surface area (Å²) >= 11 is 2.94. The number of nitrogens with zero attached hydrogens (tertiary/aromatic N) is 1. The Kier molecular flexibility index (Phi) is 2.13. The van der Waals surface area contributed by atoms with Crippen LogP contribution in [-0.4, -0.2) is 11.8 Å². The van der Waals surface area contributed by atoms with Crippen molar-refractivity contribution in [2.24, 2.45) is 11.8 Å². The number of hydrogen-bond acceptors (Lipinski definition) is 2. The van der Waals surface area contributed by atoms with Crippen LogP contribution in [0.25, 0.3) is 0 Å². The molecule has 0 aromatic heterocycles. The second kappa shape index (κ2) is 3.35. The van der Waals surface area contributed by atoms with Gasteiger partial charge in [-0.25, -0.2) is 13.7 Å². The van der Waals surface area contributed by atoms with Crippen LogP contribution in [0, 0.1) is 23.5 Å². The van der Waals surface area contributed by atoms with Crippen LogP contribution in [0.4, 0.5) is 14.5 Å². The smallest absolute Gasteiger partial charge is 0.237 e. The minimum absolute atomic E-state index is 0.223. The first-order valence-electron chi connectivity index (χ1n) is 5.03. The van der Waals surface area contributed by atoms with E-state index in [1.807, 2.05) is 0 Å². The standard InChI is InChI=1S/C11H6BrF2NO2/c12-4-1-7(13)9(8(14)2-4)15-10(16)5-3-6(5)11(15)17/h1-2,5-6H,3H2. The molecule has 2 aliphatic rings. The molecule has 0 spiro atoms. The summed E-state index contributed by atoms with van der Waals surface area (Å²) in [4.78, 5) is 24.0. The zero-order valence-corrected chi connectivity index (χ0v) is 10.0. The van der Waals surface area contributed by atoms with E-state index in [0.29, 0.717) is 11.3 Å². The lowest BCUT2D eigenvalue weighted by Crippen LogP contribution is -2.34. The third-order valence-electron chi connectivity index (χ3n) is 3.07. The quantitative estimate of drug-likeness (QED) is 0.746. The number of amides is 2. The van der Waals surface area contributed by atoms with Crippen molar-refractivity contribution in [1.82, 2.24) is 0 Å². The summed E-state index contributed by atoms with van der Waals surface area (Å²) in [6.07, 6.45) is 0.508. The molecule has 1 aromatic carbocycles. The second-order valence-electron chi connectivity index (χ2n) is 4.18. The third-order valence-corrected chi connectivity index (χ3v) is 3.53. The molecule has 2 fully saturated rings. The van der Waals surface area contributed by atoms with Crippen molar-refractivity contribution < 1.29 is 18.4 Å². The zero-order valence-electron chi connectivity index (χ0n) is 8.41. The maximum atomic E-state index is 13.6. The molecule has 1 heterocycles. The van der Waals surface area contributed by atoms with Crippen molar-refractivity contribution in [3.05, 3.63) is 28.2 Å². The Hall–Kier alpha value is -1.30. The monoisotopic (exact) mass is 301 g/mol. The molecular formula is C11H6BrF2NO2. The molecule has 2 unspecified atom stereocenters. The molecule has 0 N–H and O–H groups in total. The zero-order chi connectivity index (χ0) is 12.3. The van der Waals surface area contributed by atoms with E-state index in [1.165, 1.54) is 0 Å². The largest absolute Gasteiger partial charge is 0.274 e. The van der Waals surface area contributed by atoms with Crippen molar-refractivity contribution in [2.45, 2.75) is 6.42 Å². The molecule has 1 aromatic rings. The van der Waals surface area contributed by atoms with E-state index in [1.54, 1.807) is 0 Å². The van der Waals surface area contributed by atoms with Crippen molar-refractivity contribution in [3.8, 4) is 0 Å². The Labute approximate surface area is 104 Å². The van der Waals surface area contributed by atoms with Gasteiger partial charge in [0.05, 0.1) is 11.8 Å². The van der Waals surface area contributed by atoms with Gasteiger partial charge in [0.15, 0.2) is 11.6 Å². The molecule has 88 valence electrons. The van der Waals surface area contributed by atoms with Crippen LogP contribution in [-0.2, 0) is 9.59 Å². The van der Waals surface area contributed by atoms with E-state index >= 15 is 0 Å². The molecule has 0 bridgehead atoms. The van der Waals surface area contributed by atoms with Crippen LogP contribution in [0.1, 0.15) is 6.42 Å². The molecule has 1 saturated carbocycles. The number of rotatable bonds is 1. The molecule has 3 nitrogen and oxygen atoms in total. The van der Waals surface area contributed by atoms with Gasteiger partial charge in [-0.2, -0.15) is 0 Å². The summed E-state index contributed by atoms with van der Waals surface area (Å²) in [6.45, 7) is 0. The second-order valence-corrected chi connectivity index (χ2v) is 5.09. The summed E-state index contributed by atoms with van der Waals surface area (Å²) in [7, 11) is 0. The van der Waals surface area contributed by atoms with Crippen LogP contribution in [0.3, 0.4) is 0 Å². The number of benzene rings is 1. The lowest BCUT2D eigenvalue weighted by molar-refractivity contribution is -0.123. The van der Waals surface area contributed by atoms with Crippen LogP contribution >= 0.6 is 15.9 Å². The first-order valence-corrected chi connectivity index (χ1v) is 5.82. The Morgan fingerprint density at radius 2 is 1.59 bits per heavy atom. The average Bonchev–Trinajstić information content (AvgIpc) is 2.96. The molecular weight excluding hydrogens is 296 g/mol. The normalized spacial score (nSPS) is 26.4. The number of piperidine rings is 1. The number of hydrogen-bond donors (Lipinski definition) is 0. The summed E-state index contributed by atoms with van der Waals surface area (Å²) < 4.78 is 27.5. The Morgan fingerprint density at radius 3 is 2.06 bits per heavy atom. The van der Waals surface area contributed by atoms with Gasteiger partial charge in [0, 0.05) is 4.47 Å². The summed E-state index contributed by atoms with van der Waals surface area (Å²) in [5, 5.41) is 0. The van der Waals surface area contributed by atoms with Gasteiger partial charge in [-0.15, -0.1) is 0 Å². The van der Waals surface area contributed by atoms with E-state index < -0.39 is 29.1 Å². The first kappa shape index (κ1) is 10.8. The highest BCUT2D eigenvalue weighted by Gasteiger charge is 2.60. The van der Waals surface area contributed by atoms with Crippen LogP contribution in [0.15, 0.2) is 16.6 Å². The third kappa shape index (κ3) is 1.43. The van der Waals surface area contributed by atoms with Gasteiger partial charge in [0.2, 0.25) is 11.8 Å². The Balaban J connectivity index is 2.11. The maximum absolute atomic E-state index is 13.6. The highest BCUT2D eigenvalue weighted by Crippen LogP contribution is 2.49. The first-order chi connectivity index (χ1) is 8.00. The van der Waals surface area contributed by atoms with Crippen molar-refractivity contribution in [2.75, 3.05) is 4.90 Å². The van der Waals surface area contributed by atoms with E-state index in [9.17, 15) is 18.4 Å². The van der Waals surface area contributed by atoms with E-state index in [2.05, 4.69) is 15.9 Å². The molecule has 1 aliphatic carbocycles. The van der Waals surface area contributed by atoms with Gasteiger partial charge >= 0.3 is 0 Å². The SMILES string of the molecule is O=C1C2CC2C(=O)N1c1c(F)cc(Br)cc1F. The summed E-state index contributed by atoms with van der Waals surface area (Å²) in [6, 6.07) is 2.06. The molecule has 2 atom stereocenters. The Morgan fingerprint density at radius 1 is 1.12 bits per heavy atom. The van der Waals surface area contributed by atoms with Gasteiger partial charge in [-0.05, 0) is 18.6 Å². The number of carbonyl (C=O) groups is 2. The van der Waals surface area contributed by atoms with Crippen molar-refractivity contribution in [1.29, 1.82) is 0 Å². The highest BCUT2D eigenvalue weighted by atomic mass is 79.9. The van der Waals surface area contributed by atoms with Crippen LogP contribution in [0.5, 0.6) is 0 Å².